The lowest BCUT2D eigenvalue weighted by atomic mass is 10.1. The molecule has 0 aliphatic heterocycles. The Morgan fingerprint density at radius 1 is 1.15 bits per heavy atom. The van der Waals surface area contributed by atoms with Crippen LogP contribution in [0, 0.1) is 5.92 Å². The third-order valence-electron chi connectivity index (χ3n) is 4.33. The van der Waals surface area contributed by atoms with Gasteiger partial charge in [0.25, 0.3) is 0 Å². The molecule has 2 N–H and O–H groups in total. The van der Waals surface area contributed by atoms with Crippen LogP contribution in [0.3, 0.4) is 0 Å². The van der Waals surface area contributed by atoms with Gasteiger partial charge in [-0.25, -0.2) is 9.98 Å². The maximum atomic E-state index is 4.73. The first-order valence-corrected chi connectivity index (χ1v) is 9.67. The minimum Gasteiger partial charge on any atom is -0.357 e. The minimum absolute atomic E-state index is 0.189. The van der Waals surface area contributed by atoms with Crippen LogP contribution in [0.15, 0.2) is 41.7 Å². The van der Waals surface area contributed by atoms with Crippen LogP contribution in [0.4, 0.5) is 0 Å². The molecule has 0 amide bonds. The number of hydrogen-bond acceptors (Lipinski definition) is 2. The van der Waals surface area contributed by atoms with E-state index in [1.165, 1.54) is 11.1 Å². The van der Waals surface area contributed by atoms with E-state index in [0.717, 1.165) is 31.3 Å². The molecule has 2 aromatic rings. The molecule has 1 aromatic heterocycles. The van der Waals surface area contributed by atoms with Gasteiger partial charge in [0.1, 0.15) is 12.4 Å². The number of rotatable bonds is 8. The summed E-state index contributed by atoms with van der Waals surface area (Å²) in [6, 6.07) is 8.96. The van der Waals surface area contributed by atoms with Crippen molar-refractivity contribution in [1.82, 2.24) is 20.2 Å². The molecule has 1 aromatic carbocycles. The van der Waals surface area contributed by atoms with Gasteiger partial charge >= 0.3 is 0 Å². The summed E-state index contributed by atoms with van der Waals surface area (Å²) in [5.41, 5.74) is 2.62. The van der Waals surface area contributed by atoms with E-state index < -0.39 is 0 Å². The molecular formula is C21H33N5. The highest BCUT2D eigenvalue weighted by Gasteiger charge is 2.09. The van der Waals surface area contributed by atoms with Crippen LogP contribution in [-0.4, -0.2) is 22.1 Å². The van der Waals surface area contributed by atoms with Gasteiger partial charge in [-0.1, -0.05) is 45.0 Å². The largest absolute Gasteiger partial charge is 0.357 e. The maximum absolute atomic E-state index is 4.73. The molecule has 0 aliphatic carbocycles. The van der Waals surface area contributed by atoms with Gasteiger partial charge in [-0.2, -0.15) is 0 Å². The zero-order valence-electron chi connectivity index (χ0n) is 16.8. The number of aryl methyl sites for hydroxylation is 1. The maximum Gasteiger partial charge on any atom is 0.192 e. The highest BCUT2D eigenvalue weighted by atomic mass is 15.2. The molecule has 1 heterocycles. The number of guanidine groups is 1. The molecule has 0 bridgehead atoms. The molecule has 1 unspecified atom stereocenters. The minimum atomic E-state index is 0.189. The van der Waals surface area contributed by atoms with Crippen LogP contribution in [0.2, 0.25) is 0 Å². The SMILES string of the molecule is CCNC(=NCc1nccn1CC(C)C)NC(C)c1ccc(CC)cc1. The summed E-state index contributed by atoms with van der Waals surface area (Å²) in [6.45, 7) is 13.2. The second-order valence-electron chi connectivity index (χ2n) is 7.05. The van der Waals surface area contributed by atoms with Crippen molar-refractivity contribution in [3.05, 3.63) is 53.6 Å². The van der Waals surface area contributed by atoms with Crippen LogP contribution in [0.5, 0.6) is 0 Å². The molecule has 0 saturated carbocycles. The van der Waals surface area contributed by atoms with E-state index in [4.69, 9.17) is 4.99 Å². The molecule has 0 fully saturated rings. The molecule has 5 heteroatoms. The summed E-state index contributed by atoms with van der Waals surface area (Å²) in [7, 11) is 0. The fraction of sp³-hybridized carbons (Fsp3) is 0.524. The summed E-state index contributed by atoms with van der Waals surface area (Å²) >= 11 is 0. The Hall–Kier alpha value is -2.30. The smallest absolute Gasteiger partial charge is 0.192 e. The number of aromatic nitrogens is 2. The number of imidazole rings is 1. The van der Waals surface area contributed by atoms with Crippen LogP contribution in [-0.2, 0) is 19.5 Å². The van der Waals surface area contributed by atoms with Crippen LogP contribution in [0.25, 0.3) is 0 Å². The third kappa shape index (κ3) is 5.90. The molecule has 1 atom stereocenters. The van der Waals surface area contributed by atoms with E-state index in [-0.39, 0.29) is 6.04 Å². The predicted octanol–water partition coefficient (Wildman–Crippen LogP) is 3.92. The molecule has 0 radical (unpaired) electrons. The van der Waals surface area contributed by atoms with Crippen molar-refractivity contribution >= 4 is 5.96 Å². The summed E-state index contributed by atoms with van der Waals surface area (Å²) in [4.78, 5) is 9.19. The van der Waals surface area contributed by atoms with Gasteiger partial charge in [0, 0.05) is 25.5 Å². The number of nitrogens with zero attached hydrogens (tertiary/aromatic N) is 3. The van der Waals surface area contributed by atoms with Crippen molar-refractivity contribution in [2.24, 2.45) is 10.9 Å². The molecule has 0 spiro atoms. The molecule has 5 nitrogen and oxygen atoms in total. The molecule has 0 aliphatic rings. The van der Waals surface area contributed by atoms with Gasteiger partial charge in [-0.15, -0.1) is 0 Å². The van der Waals surface area contributed by atoms with Crippen molar-refractivity contribution < 1.29 is 0 Å². The Balaban J connectivity index is 2.05. The van der Waals surface area contributed by atoms with Gasteiger partial charge in [0.2, 0.25) is 0 Å². The third-order valence-corrected chi connectivity index (χ3v) is 4.33. The molecule has 142 valence electrons. The number of benzene rings is 1. The lowest BCUT2D eigenvalue weighted by Crippen LogP contribution is -2.38. The molecule has 26 heavy (non-hydrogen) atoms. The van der Waals surface area contributed by atoms with E-state index >= 15 is 0 Å². The first kappa shape index (κ1) is 20.0. The van der Waals surface area contributed by atoms with Crippen LogP contribution < -0.4 is 10.6 Å². The van der Waals surface area contributed by atoms with Crippen LogP contribution in [0.1, 0.15) is 57.6 Å². The van der Waals surface area contributed by atoms with Crippen LogP contribution >= 0.6 is 0 Å². The van der Waals surface area contributed by atoms with E-state index in [1.807, 2.05) is 12.4 Å². The highest BCUT2D eigenvalue weighted by Crippen LogP contribution is 2.14. The van der Waals surface area contributed by atoms with E-state index in [0.29, 0.717) is 12.5 Å². The van der Waals surface area contributed by atoms with E-state index in [2.05, 4.69) is 79.1 Å². The van der Waals surface area contributed by atoms with Crippen molar-refractivity contribution in [3.63, 3.8) is 0 Å². The van der Waals surface area contributed by atoms with E-state index in [1.54, 1.807) is 0 Å². The molecule has 2 rings (SSSR count). The Bertz CT molecular complexity index is 685. The van der Waals surface area contributed by atoms with Gasteiger partial charge in [0.15, 0.2) is 5.96 Å². The summed E-state index contributed by atoms with van der Waals surface area (Å²) < 4.78 is 2.19. The molecular weight excluding hydrogens is 322 g/mol. The van der Waals surface area contributed by atoms with Crippen molar-refractivity contribution in [1.29, 1.82) is 0 Å². The van der Waals surface area contributed by atoms with Crippen molar-refractivity contribution in [2.45, 2.75) is 60.2 Å². The average Bonchev–Trinajstić information content (AvgIpc) is 3.06. The van der Waals surface area contributed by atoms with E-state index in [9.17, 15) is 0 Å². The van der Waals surface area contributed by atoms with Gasteiger partial charge in [-0.3, -0.25) is 0 Å². The monoisotopic (exact) mass is 355 g/mol. The lowest BCUT2D eigenvalue weighted by Gasteiger charge is -2.18. The first-order chi connectivity index (χ1) is 12.5. The summed E-state index contributed by atoms with van der Waals surface area (Å²) in [6.07, 6.45) is 4.95. The Labute approximate surface area is 158 Å². The lowest BCUT2D eigenvalue weighted by molar-refractivity contribution is 0.507. The number of aliphatic imine (C=N–C) groups is 1. The number of nitrogens with one attached hydrogen (secondary N) is 2. The Kier molecular flexibility index (Phi) is 7.70. The predicted molar refractivity (Wildman–Crippen MR) is 109 cm³/mol. The molecule has 0 saturated heterocycles. The van der Waals surface area contributed by atoms with Gasteiger partial charge in [-0.05, 0) is 37.3 Å². The normalized spacial score (nSPS) is 13.1. The van der Waals surface area contributed by atoms with Crippen molar-refractivity contribution in [3.8, 4) is 0 Å². The topological polar surface area (TPSA) is 54.2 Å². The quantitative estimate of drug-likeness (QED) is 0.557. The van der Waals surface area contributed by atoms with Crippen molar-refractivity contribution in [2.75, 3.05) is 6.54 Å². The standard InChI is InChI=1S/C21H33N5/c1-6-18-8-10-19(11-9-18)17(5)25-21(22-7-2)24-14-20-23-12-13-26(20)15-16(3)4/h8-13,16-17H,6-7,14-15H2,1-5H3,(H2,22,24,25). The Morgan fingerprint density at radius 2 is 1.88 bits per heavy atom. The van der Waals surface area contributed by atoms with Gasteiger partial charge < -0.3 is 15.2 Å². The fourth-order valence-corrected chi connectivity index (χ4v) is 2.85. The highest BCUT2D eigenvalue weighted by molar-refractivity contribution is 5.80. The fourth-order valence-electron chi connectivity index (χ4n) is 2.85. The first-order valence-electron chi connectivity index (χ1n) is 9.67. The second-order valence-corrected chi connectivity index (χ2v) is 7.05. The van der Waals surface area contributed by atoms with Gasteiger partial charge in [0.05, 0.1) is 6.04 Å². The zero-order valence-corrected chi connectivity index (χ0v) is 16.8. The average molecular weight is 356 g/mol. The summed E-state index contributed by atoms with van der Waals surface area (Å²) in [5, 5.41) is 6.83. The summed E-state index contributed by atoms with van der Waals surface area (Å²) in [5.74, 6) is 2.40. The number of hydrogen-bond donors (Lipinski definition) is 2. The zero-order chi connectivity index (χ0) is 18.9. The second kappa shape index (κ2) is 10.00. The Morgan fingerprint density at radius 3 is 2.50 bits per heavy atom.